The summed E-state index contributed by atoms with van der Waals surface area (Å²) in [5.41, 5.74) is -0.333. The van der Waals surface area contributed by atoms with E-state index in [-0.39, 0.29) is 13.2 Å². The van der Waals surface area contributed by atoms with E-state index >= 15 is 0 Å². The minimum Gasteiger partial charge on any atom is -0.458 e. The molecule has 13 heteroatoms. The highest BCUT2D eigenvalue weighted by atomic mass is 16.6. The van der Waals surface area contributed by atoms with E-state index in [4.69, 9.17) is 15.3 Å². The summed E-state index contributed by atoms with van der Waals surface area (Å²) in [6.07, 6.45) is 0.535. The van der Waals surface area contributed by atoms with Crippen LogP contribution >= 0.6 is 0 Å². The molecule has 3 rings (SSSR count). The third-order valence-corrected chi connectivity index (χ3v) is 5.99. The molecule has 2 unspecified atom stereocenters. The van der Waals surface area contributed by atoms with Crippen molar-refractivity contribution in [2.24, 2.45) is 10.9 Å². The third-order valence-electron chi connectivity index (χ3n) is 5.99. The molecule has 2 aromatic rings. The number of urea groups is 1. The third kappa shape index (κ3) is 8.27. The second kappa shape index (κ2) is 12.9. The smallest absolute Gasteiger partial charge is 0.408 e. The number of carbonyl (C=O) groups is 5. The summed E-state index contributed by atoms with van der Waals surface area (Å²) in [4.78, 5) is 64.5. The quantitative estimate of drug-likeness (QED) is 0.110. The molecule has 0 saturated carbocycles. The predicted molar refractivity (Wildman–Crippen MR) is 148 cm³/mol. The van der Waals surface area contributed by atoms with E-state index in [1.165, 1.54) is 13.1 Å². The number of amides is 5. The van der Waals surface area contributed by atoms with Gasteiger partial charge in [0.25, 0.3) is 5.91 Å². The van der Waals surface area contributed by atoms with Crippen LogP contribution < -0.4 is 21.8 Å². The number of esters is 1. The van der Waals surface area contributed by atoms with Gasteiger partial charge in [0, 0.05) is 6.54 Å². The molecule has 0 aliphatic carbocycles. The molecule has 218 valence electrons. The van der Waals surface area contributed by atoms with Crippen molar-refractivity contribution in [3.05, 3.63) is 71.3 Å². The van der Waals surface area contributed by atoms with Gasteiger partial charge in [0.1, 0.15) is 30.3 Å². The molecule has 1 aliphatic heterocycles. The summed E-state index contributed by atoms with van der Waals surface area (Å²) in [6.45, 7) is 5.47. The van der Waals surface area contributed by atoms with Gasteiger partial charge in [-0.25, -0.2) is 14.4 Å². The lowest BCUT2D eigenvalue weighted by Gasteiger charge is -2.25. The van der Waals surface area contributed by atoms with Gasteiger partial charge in [-0.15, -0.1) is 0 Å². The Hall–Kier alpha value is -4.94. The van der Waals surface area contributed by atoms with Gasteiger partial charge in [-0.1, -0.05) is 54.6 Å². The highest BCUT2D eigenvalue weighted by molar-refractivity contribution is 6.09. The Morgan fingerprint density at radius 2 is 1.76 bits per heavy atom. The molecule has 1 aliphatic rings. The molecule has 1 heterocycles. The first-order valence-electron chi connectivity index (χ1n) is 12.8. The number of hydrogen-bond acceptors (Lipinski definition) is 9. The minimum atomic E-state index is -1.40. The van der Waals surface area contributed by atoms with Crippen LogP contribution in [0.25, 0.3) is 0 Å². The van der Waals surface area contributed by atoms with Crippen LogP contribution in [0.5, 0.6) is 0 Å². The Morgan fingerprint density at radius 1 is 1.10 bits per heavy atom. The molecule has 5 N–H and O–H groups in total. The Kier molecular flexibility index (Phi) is 9.66. The Bertz CT molecular complexity index is 1310. The molecule has 0 bridgehead atoms. The van der Waals surface area contributed by atoms with Crippen LogP contribution in [-0.4, -0.2) is 65.8 Å². The number of hydrazone groups is 1. The zero-order valence-corrected chi connectivity index (χ0v) is 23.3. The maximum atomic E-state index is 13.2. The fraction of sp³-hybridized carbons (Fsp3) is 0.357. The Morgan fingerprint density at radius 3 is 2.37 bits per heavy atom. The molecule has 1 fully saturated rings. The number of carbonyl (C=O) groups excluding carboxylic acids is 5. The van der Waals surface area contributed by atoms with Crippen LogP contribution in [0.4, 0.5) is 9.59 Å². The molecule has 0 aromatic heterocycles. The van der Waals surface area contributed by atoms with Gasteiger partial charge in [-0.05, 0) is 44.4 Å². The highest BCUT2D eigenvalue weighted by Crippen LogP contribution is 2.28. The van der Waals surface area contributed by atoms with Crippen LogP contribution in [-0.2, 0) is 36.0 Å². The zero-order valence-electron chi connectivity index (χ0n) is 23.3. The number of nitrogens with one attached hydrogen (secondary N) is 3. The van der Waals surface area contributed by atoms with E-state index in [0.29, 0.717) is 11.1 Å². The standard InChI is InChI=1S/C28H34N6O7/c1-27(2,3)41-23(36)21(32-26(39)40-17-19-8-6-5-7-9-19)15-30-22(35)16-34-24(37)28(4,33-25(34)38)20-12-10-18(11-13-20)14-31-29/h5-14,21H,15-17,29H2,1-4H3,(H,30,35)(H,32,39)(H,33,38). The topological polar surface area (TPSA) is 182 Å². The van der Waals surface area contributed by atoms with Crippen molar-refractivity contribution in [1.82, 2.24) is 20.9 Å². The molecular weight excluding hydrogens is 532 g/mol. The lowest BCUT2D eigenvalue weighted by atomic mass is 9.91. The average molecular weight is 567 g/mol. The van der Waals surface area contributed by atoms with Gasteiger partial charge in [-0.2, -0.15) is 5.10 Å². The maximum Gasteiger partial charge on any atom is 0.408 e. The van der Waals surface area contributed by atoms with Crippen molar-refractivity contribution in [2.45, 2.75) is 51.5 Å². The summed E-state index contributed by atoms with van der Waals surface area (Å²) in [6, 6.07) is 13.5. The fourth-order valence-corrected chi connectivity index (χ4v) is 3.91. The van der Waals surface area contributed by atoms with E-state index in [1.807, 2.05) is 6.07 Å². The number of imide groups is 1. The number of ether oxygens (including phenoxy) is 2. The van der Waals surface area contributed by atoms with Crippen molar-refractivity contribution in [3.8, 4) is 0 Å². The van der Waals surface area contributed by atoms with Crippen LogP contribution in [0.2, 0.25) is 0 Å². The fourth-order valence-electron chi connectivity index (χ4n) is 3.91. The summed E-state index contributed by atoms with van der Waals surface area (Å²) in [7, 11) is 0. The van der Waals surface area contributed by atoms with Crippen molar-refractivity contribution in [1.29, 1.82) is 0 Å². The largest absolute Gasteiger partial charge is 0.458 e. The summed E-state index contributed by atoms with van der Waals surface area (Å²) in [5, 5.41) is 10.9. The first-order chi connectivity index (χ1) is 19.3. The summed E-state index contributed by atoms with van der Waals surface area (Å²) < 4.78 is 10.5. The predicted octanol–water partition coefficient (Wildman–Crippen LogP) is 1.50. The molecule has 0 radical (unpaired) electrons. The number of benzene rings is 2. The molecule has 5 amide bonds. The van der Waals surface area contributed by atoms with E-state index in [0.717, 1.165) is 10.5 Å². The van der Waals surface area contributed by atoms with Crippen molar-refractivity contribution in [2.75, 3.05) is 13.1 Å². The van der Waals surface area contributed by atoms with Crippen molar-refractivity contribution >= 4 is 36.1 Å². The molecule has 1 saturated heterocycles. The van der Waals surface area contributed by atoms with Gasteiger partial charge in [0.15, 0.2) is 0 Å². The average Bonchev–Trinajstić information content (AvgIpc) is 3.13. The molecule has 0 spiro atoms. The Labute approximate surface area is 237 Å². The summed E-state index contributed by atoms with van der Waals surface area (Å²) in [5.74, 6) is 2.98. The SMILES string of the molecule is CC(C)(C)OC(=O)C(CNC(=O)CN1C(=O)NC(C)(c2ccc(C=NN)cc2)C1=O)NC(=O)OCc1ccccc1. The molecule has 2 atom stereocenters. The lowest BCUT2D eigenvalue weighted by molar-refractivity contribution is -0.157. The Balaban J connectivity index is 1.62. The lowest BCUT2D eigenvalue weighted by Crippen LogP contribution is -2.52. The molecule has 2 aromatic carbocycles. The number of hydrogen-bond donors (Lipinski definition) is 4. The van der Waals surface area contributed by atoms with Gasteiger partial charge < -0.3 is 31.3 Å². The van der Waals surface area contributed by atoms with Crippen LogP contribution in [0.3, 0.4) is 0 Å². The van der Waals surface area contributed by atoms with E-state index < -0.39 is 53.6 Å². The number of alkyl carbamates (subject to hydrolysis) is 1. The van der Waals surface area contributed by atoms with Gasteiger partial charge >= 0.3 is 18.1 Å². The normalized spacial score (nSPS) is 17.6. The monoisotopic (exact) mass is 566 g/mol. The second-order valence-electron chi connectivity index (χ2n) is 10.4. The van der Waals surface area contributed by atoms with Gasteiger partial charge in [-0.3, -0.25) is 14.5 Å². The van der Waals surface area contributed by atoms with Gasteiger partial charge in [0.05, 0.1) is 6.21 Å². The number of nitrogens with zero attached hydrogens (tertiary/aromatic N) is 2. The molecule has 41 heavy (non-hydrogen) atoms. The van der Waals surface area contributed by atoms with E-state index in [2.05, 4.69) is 21.1 Å². The molecular formula is C28H34N6O7. The highest BCUT2D eigenvalue weighted by Gasteiger charge is 2.49. The maximum absolute atomic E-state index is 13.2. The molecule has 13 nitrogen and oxygen atoms in total. The first kappa shape index (κ1) is 30.6. The number of nitrogens with two attached hydrogens (primary N) is 1. The first-order valence-corrected chi connectivity index (χ1v) is 12.8. The van der Waals surface area contributed by atoms with E-state index in [1.54, 1.807) is 69.3 Å². The zero-order chi connectivity index (χ0) is 30.2. The van der Waals surface area contributed by atoms with Crippen LogP contribution in [0.1, 0.15) is 44.4 Å². The van der Waals surface area contributed by atoms with Crippen LogP contribution in [0.15, 0.2) is 59.7 Å². The minimum absolute atomic E-state index is 0.0334. The van der Waals surface area contributed by atoms with Crippen molar-refractivity contribution < 1.29 is 33.4 Å². The second-order valence-corrected chi connectivity index (χ2v) is 10.4. The van der Waals surface area contributed by atoms with Gasteiger partial charge in [0.2, 0.25) is 5.91 Å². The van der Waals surface area contributed by atoms with Crippen molar-refractivity contribution in [3.63, 3.8) is 0 Å². The number of rotatable bonds is 10. The van der Waals surface area contributed by atoms with E-state index in [9.17, 15) is 24.0 Å². The summed E-state index contributed by atoms with van der Waals surface area (Å²) >= 11 is 0. The van der Waals surface area contributed by atoms with Crippen LogP contribution in [0, 0.1) is 0 Å².